The fourth-order valence-electron chi connectivity index (χ4n) is 0.987. The van der Waals surface area contributed by atoms with Crippen LogP contribution in [0.25, 0.3) is 0 Å². The van der Waals surface area contributed by atoms with E-state index in [0.717, 1.165) is 0 Å². The van der Waals surface area contributed by atoms with Gasteiger partial charge in [-0.2, -0.15) is 0 Å². The first kappa shape index (κ1) is 11.6. The Labute approximate surface area is 74.4 Å². The highest BCUT2D eigenvalue weighted by Crippen LogP contribution is 1.98. The van der Waals surface area contributed by atoms with Crippen molar-refractivity contribution >= 4 is 5.78 Å². The molecule has 0 rings (SSSR count). The Morgan fingerprint density at radius 2 is 2.08 bits per heavy atom. The molecule has 3 heteroatoms. The minimum absolute atomic E-state index is 0.120. The van der Waals surface area contributed by atoms with E-state index in [4.69, 9.17) is 5.11 Å². The van der Waals surface area contributed by atoms with E-state index in [-0.39, 0.29) is 12.4 Å². The van der Waals surface area contributed by atoms with Crippen LogP contribution in [0.2, 0.25) is 0 Å². The SMILES string of the molecule is CCC(=O)CN(CCO)C(C)C. The van der Waals surface area contributed by atoms with Gasteiger partial charge in [-0.25, -0.2) is 0 Å². The second-order valence-electron chi connectivity index (χ2n) is 3.18. The molecule has 0 aliphatic carbocycles. The molecule has 0 atom stereocenters. The van der Waals surface area contributed by atoms with Crippen molar-refractivity contribution in [3.63, 3.8) is 0 Å². The zero-order valence-electron chi connectivity index (χ0n) is 8.21. The fraction of sp³-hybridized carbons (Fsp3) is 0.889. The van der Waals surface area contributed by atoms with E-state index in [0.29, 0.717) is 25.6 Å². The van der Waals surface area contributed by atoms with Crippen molar-refractivity contribution in [1.29, 1.82) is 0 Å². The predicted octanol–water partition coefficient (Wildman–Crippen LogP) is 0.668. The van der Waals surface area contributed by atoms with Gasteiger partial charge in [0.15, 0.2) is 0 Å². The zero-order chi connectivity index (χ0) is 9.56. The summed E-state index contributed by atoms with van der Waals surface area (Å²) in [6, 6.07) is 0.327. The Bertz CT molecular complexity index is 134. The molecule has 0 amide bonds. The van der Waals surface area contributed by atoms with E-state index >= 15 is 0 Å². The molecule has 0 aliphatic heterocycles. The average Bonchev–Trinajstić information content (AvgIpc) is 2.03. The molecule has 12 heavy (non-hydrogen) atoms. The van der Waals surface area contributed by atoms with Crippen molar-refractivity contribution in [2.24, 2.45) is 0 Å². The summed E-state index contributed by atoms with van der Waals surface area (Å²) >= 11 is 0. The molecule has 1 N–H and O–H groups in total. The van der Waals surface area contributed by atoms with Crippen LogP contribution in [0, 0.1) is 0 Å². The van der Waals surface area contributed by atoms with Gasteiger partial charge >= 0.3 is 0 Å². The average molecular weight is 173 g/mol. The predicted molar refractivity (Wildman–Crippen MR) is 49.1 cm³/mol. The summed E-state index contributed by atoms with van der Waals surface area (Å²) in [7, 11) is 0. The molecule has 0 bridgehead atoms. The molecule has 0 heterocycles. The van der Waals surface area contributed by atoms with Crippen molar-refractivity contribution in [2.45, 2.75) is 33.2 Å². The Hall–Kier alpha value is -0.410. The molecule has 0 saturated carbocycles. The van der Waals surface area contributed by atoms with Gasteiger partial charge in [0.25, 0.3) is 0 Å². The number of aliphatic hydroxyl groups is 1. The minimum Gasteiger partial charge on any atom is -0.395 e. The van der Waals surface area contributed by atoms with Crippen LogP contribution in [-0.4, -0.2) is 41.5 Å². The van der Waals surface area contributed by atoms with Crippen LogP contribution in [0.15, 0.2) is 0 Å². The van der Waals surface area contributed by atoms with Crippen molar-refractivity contribution < 1.29 is 9.90 Å². The summed E-state index contributed by atoms with van der Waals surface area (Å²) in [4.78, 5) is 13.1. The van der Waals surface area contributed by atoms with E-state index in [1.54, 1.807) is 0 Å². The van der Waals surface area contributed by atoms with Gasteiger partial charge in [0, 0.05) is 19.0 Å². The quantitative estimate of drug-likeness (QED) is 0.641. The first-order chi connectivity index (χ1) is 5.61. The Kier molecular flexibility index (Phi) is 5.93. The highest BCUT2D eigenvalue weighted by atomic mass is 16.3. The molecule has 72 valence electrons. The molecule has 0 spiro atoms. The zero-order valence-corrected chi connectivity index (χ0v) is 8.21. The first-order valence-electron chi connectivity index (χ1n) is 4.48. The van der Waals surface area contributed by atoms with E-state index in [9.17, 15) is 4.79 Å². The van der Waals surface area contributed by atoms with Crippen LogP contribution in [0.3, 0.4) is 0 Å². The summed E-state index contributed by atoms with van der Waals surface area (Å²) in [5.74, 6) is 0.233. The number of nitrogens with zero attached hydrogens (tertiary/aromatic N) is 1. The van der Waals surface area contributed by atoms with Crippen molar-refractivity contribution in [1.82, 2.24) is 4.90 Å². The molecule has 0 aromatic heterocycles. The summed E-state index contributed by atoms with van der Waals surface area (Å²) < 4.78 is 0. The molecule has 0 unspecified atom stereocenters. The summed E-state index contributed by atoms with van der Waals surface area (Å²) in [6.07, 6.45) is 0.578. The maximum absolute atomic E-state index is 11.1. The van der Waals surface area contributed by atoms with Gasteiger partial charge in [0.2, 0.25) is 0 Å². The van der Waals surface area contributed by atoms with Crippen LogP contribution in [-0.2, 0) is 4.79 Å². The second kappa shape index (κ2) is 6.14. The van der Waals surface area contributed by atoms with E-state index in [1.165, 1.54) is 0 Å². The standard InChI is InChI=1S/C9H19NO2/c1-4-9(12)7-10(5-6-11)8(2)3/h8,11H,4-7H2,1-3H3. The lowest BCUT2D eigenvalue weighted by molar-refractivity contribution is -0.120. The highest BCUT2D eigenvalue weighted by Gasteiger charge is 2.11. The smallest absolute Gasteiger partial charge is 0.146 e. The minimum atomic E-state index is 0.120. The maximum Gasteiger partial charge on any atom is 0.146 e. The lowest BCUT2D eigenvalue weighted by Gasteiger charge is -2.24. The molecule has 0 fully saturated rings. The maximum atomic E-state index is 11.1. The summed E-state index contributed by atoms with van der Waals surface area (Å²) in [5.41, 5.74) is 0. The third-order valence-electron chi connectivity index (χ3n) is 1.89. The lowest BCUT2D eigenvalue weighted by atomic mass is 10.2. The number of ketones is 1. The fourth-order valence-corrected chi connectivity index (χ4v) is 0.987. The Morgan fingerprint density at radius 3 is 2.42 bits per heavy atom. The van der Waals surface area contributed by atoms with Crippen LogP contribution in [0.4, 0.5) is 0 Å². The molecular weight excluding hydrogens is 154 g/mol. The number of carbonyl (C=O) groups is 1. The number of rotatable bonds is 6. The van der Waals surface area contributed by atoms with Crippen LogP contribution in [0.1, 0.15) is 27.2 Å². The summed E-state index contributed by atoms with van der Waals surface area (Å²) in [5, 5.41) is 8.72. The van der Waals surface area contributed by atoms with E-state index < -0.39 is 0 Å². The Morgan fingerprint density at radius 1 is 1.50 bits per heavy atom. The number of aliphatic hydroxyl groups excluding tert-OH is 1. The number of hydrogen-bond donors (Lipinski definition) is 1. The number of hydrogen-bond acceptors (Lipinski definition) is 3. The molecule has 3 nitrogen and oxygen atoms in total. The highest BCUT2D eigenvalue weighted by molar-refractivity contribution is 5.80. The van der Waals surface area contributed by atoms with Crippen molar-refractivity contribution in [3.8, 4) is 0 Å². The molecular formula is C9H19NO2. The Balaban J connectivity index is 3.86. The van der Waals surface area contributed by atoms with Gasteiger partial charge in [-0.1, -0.05) is 6.92 Å². The molecule has 0 radical (unpaired) electrons. The monoisotopic (exact) mass is 173 g/mol. The van der Waals surface area contributed by atoms with Gasteiger partial charge in [-0.3, -0.25) is 9.69 Å². The van der Waals surface area contributed by atoms with Crippen LogP contribution >= 0.6 is 0 Å². The molecule has 0 aromatic carbocycles. The van der Waals surface area contributed by atoms with Gasteiger partial charge in [-0.05, 0) is 13.8 Å². The first-order valence-corrected chi connectivity index (χ1v) is 4.48. The largest absolute Gasteiger partial charge is 0.395 e. The topological polar surface area (TPSA) is 40.5 Å². The van der Waals surface area contributed by atoms with Crippen molar-refractivity contribution in [3.05, 3.63) is 0 Å². The lowest BCUT2D eigenvalue weighted by Crippen LogP contribution is -2.37. The summed E-state index contributed by atoms with van der Waals surface area (Å²) in [6.45, 7) is 7.09. The van der Waals surface area contributed by atoms with Crippen LogP contribution in [0.5, 0.6) is 0 Å². The van der Waals surface area contributed by atoms with Crippen LogP contribution < -0.4 is 0 Å². The molecule has 0 aromatic rings. The number of carbonyl (C=O) groups excluding carboxylic acids is 1. The number of Topliss-reactive ketones (excluding diaryl/α,β-unsaturated/α-hetero) is 1. The van der Waals surface area contributed by atoms with E-state index in [2.05, 4.69) is 0 Å². The van der Waals surface area contributed by atoms with Gasteiger partial charge in [0.05, 0.1) is 13.2 Å². The molecule has 0 saturated heterocycles. The third kappa shape index (κ3) is 4.46. The molecule has 0 aliphatic rings. The normalized spacial score (nSPS) is 11.2. The van der Waals surface area contributed by atoms with Crippen molar-refractivity contribution in [2.75, 3.05) is 19.7 Å². The van der Waals surface area contributed by atoms with Gasteiger partial charge < -0.3 is 5.11 Å². The second-order valence-corrected chi connectivity index (χ2v) is 3.18. The van der Waals surface area contributed by atoms with E-state index in [1.807, 2.05) is 25.7 Å². The van der Waals surface area contributed by atoms with Gasteiger partial charge in [-0.15, -0.1) is 0 Å². The third-order valence-corrected chi connectivity index (χ3v) is 1.89. The van der Waals surface area contributed by atoms with Gasteiger partial charge in [0.1, 0.15) is 5.78 Å².